The first kappa shape index (κ1) is 15.5. The lowest BCUT2D eigenvalue weighted by Crippen LogP contribution is -2.29. The standard InChI is InChI=1S/C16H20N4O3/c1-3-15-13(10(2)20-23-15)8-18-16(21)19-12-6-11-9-22-5-4-14(11)17-7-12/h6-7H,3-5,8-9H2,1-2H3,(H2,18,19,21). The molecule has 0 atom stereocenters. The van der Waals surface area contributed by atoms with Crippen LogP contribution in [-0.2, 0) is 30.7 Å². The molecule has 0 aromatic carbocycles. The predicted octanol–water partition coefficient (Wildman–Crippen LogP) is 2.33. The Hall–Kier alpha value is -2.41. The highest BCUT2D eigenvalue weighted by Gasteiger charge is 2.14. The van der Waals surface area contributed by atoms with Crippen molar-refractivity contribution < 1.29 is 14.1 Å². The van der Waals surface area contributed by atoms with Gasteiger partial charge in [0.2, 0.25) is 0 Å². The van der Waals surface area contributed by atoms with E-state index >= 15 is 0 Å². The highest BCUT2D eigenvalue weighted by atomic mass is 16.5. The zero-order valence-corrected chi connectivity index (χ0v) is 13.3. The highest BCUT2D eigenvalue weighted by Crippen LogP contribution is 2.18. The van der Waals surface area contributed by atoms with E-state index in [-0.39, 0.29) is 6.03 Å². The molecule has 2 aromatic rings. The summed E-state index contributed by atoms with van der Waals surface area (Å²) in [6.07, 6.45) is 3.23. The summed E-state index contributed by atoms with van der Waals surface area (Å²) in [6.45, 7) is 5.48. The molecular formula is C16H20N4O3. The van der Waals surface area contributed by atoms with Crippen LogP contribution in [0.1, 0.15) is 35.2 Å². The second-order valence-electron chi connectivity index (χ2n) is 5.46. The van der Waals surface area contributed by atoms with Gasteiger partial charge in [0.25, 0.3) is 0 Å². The number of amides is 2. The molecule has 7 heteroatoms. The largest absolute Gasteiger partial charge is 0.376 e. The van der Waals surface area contributed by atoms with Gasteiger partial charge in [0.1, 0.15) is 5.76 Å². The van der Waals surface area contributed by atoms with Gasteiger partial charge in [0.15, 0.2) is 0 Å². The summed E-state index contributed by atoms with van der Waals surface area (Å²) in [5, 5.41) is 9.54. The Labute approximate surface area is 134 Å². The van der Waals surface area contributed by atoms with E-state index in [2.05, 4.69) is 20.8 Å². The molecule has 7 nitrogen and oxygen atoms in total. The number of aryl methyl sites for hydroxylation is 2. The van der Waals surface area contributed by atoms with Crippen molar-refractivity contribution >= 4 is 11.7 Å². The molecule has 0 saturated carbocycles. The predicted molar refractivity (Wildman–Crippen MR) is 84.1 cm³/mol. The second kappa shape index (κ2) is 6.78. The van der Waals surface area contributed by atoms with Crippen LogP contribution in [0.5, 0.6) is 0 Å². The van der Waals surface area contributed by atoms with Crippen molar-refractivity contribution in [1.82, 2.24) is 15.5 Å². The molecule has 2 N–H and O–H groups in total. The first-order valence-corrected chi connectivity index (χ1v) is 7.71. The number of hydrogen-bond donors (Lipinski definition) is 2. The molecule has 0 saturated heterocycles. The van der Waals surface area contributed by atoms with Crippen LogP contribution < -0.4 is 10.6 Å². The van der Waals surface area contributed by atoms with Crippen LogP contribution in [0.25, 0.3) is 0 Å². The summed E-state index contributed by atoms with van der Waals surface area (Å²) < 4.78 is 10.6. The Morgan fingerprint density at radius 1 is 1.43 bits per heavy atom. The van der Waals surface area contributed by atoms with Crippen molar-refractivity contribution in [2.45, 2.75) is 39.8 Å². The van der Waals surface area contributed by atoms with Crippen molar-refractivity contribution in [1.29, 1.82) is 0 Å². The Kier molecular flexibility index (Phi) is 4.57. The molecule has 0 radical (unpaired) electrons. The molecular weight excluding hydrogens is 296 g/mol. The Morgan fingerprint density at radius 3 is 3.13 bits per heavy atom. The monoisotopic (exact) mass is 316 g/mol. The topological polar surface area (TPSA) is 89.3 Å². The van der Waals surface area contributed by atoms with Crippen molar-refractivity contribution in [3.63, 3.8) is 0 Å². The molecule has 0 spiro atoms. The third kappa shape index (κ3) is 3.50. The lowest BCUT2D eigenvalue weighted by atomic mass is 10.1. The zero-order valence-electron chi connectivity index (χ0n) is 13.3. The minimum atomic E-state index is -0.286. The van der Waals surface area contributed by atoms with Crippen LogP contribution >= 0.6 is 0 Å². The molecule has 0 bridgehead atoms. The maximum Gasteiger partial charge on any atom is 0.319 e. The number of carbonyl (C=O) groups is 1. The molecule has 3 rings (SSSR count). The second-order valence-corrected chi connectivity index (χ2v) is 5.46. The molecule has 1 aliphatic rings. The lowest BCUT2D eigenvalue weighted by molar-refractivity contribution is 0.109. The van der Waals surface area contributed by atoms with Crippen LogP contribution in [-0.4, -0.2) is 22.8 Å². The fraction of sp³-hybridized carbons (Fsp3) is 0.438. The molecule has 23 heavy (non-hydrogen) atoms. The third-order valence-corrected chi connectivity index (χ3v) is 3.87. The van der Waals surface area contributed by atoms with Gasteiger partial charge < -0.3 is 19.9 Å². The van der Waals surface area contributed by atoms with Crippen LogP contribution in [0.4, 0.5) is 10.5 Å². The Bertz CT molecular complexity index is 711. The smallest absolute Gasteiger partial charge is 0.319 e. The number of nitrogens with one attached hydrogen (secondary N) is 2. The summed E-state index contributed by atoms with van der Waals surface area (Å²) in [5.41, 5.74) is 4.45. The van der Waals surface area contributed by atoms with E-state index in [1.54, 1.807) is 6.20 Å². The van der Waals surface area contributed by atoms with E-state index < -0.39 is 0 Å². The molecule has 2 aromatic heterocycles. The number of pyridine rings is 1. The van der Waals surface area contributed by atoms with E-state index in [0.717, 1.165) is 41.1 Å². The van der Waals surface area contributed by atoms with Gasteiger partial charge in [-0.15, -0.1) is 0 Å². The summed E-state index contributed by atoms with van der Waals surface area (Å²) >= 11 is 0. The summed E-state index contributed by atoms with van der Waals surface area (Å²) in [7, 11) is 0. The van der Waals surface area contributed by atoms with E-state index in [1.165, 1.54) is 0 Å². The molecule has 0 fully saturated rings. The minimum Gasteiger partial charge on any atom is -0.376 e. The first-order valence-electron chi connectivity index (χ1n) is 7.71. The van der Waals surface area contributed by atoms with Gasteiger partial charge in [-0.2, -0.15) is 0 Å². The average molecular weight is 316 g/mol. The zero-order chi connectivity index (χ0) is 16.2. The Balaban J connectivity index is 1.60. The molecule has 0 unspecified atom stereocenters. The average Bonchev–Trinajstić information content (AvgIpc) is 2.93. The van der Waals surface area contributed by atoms with Gasteiger partial charge in [0, 0.05) is 36.2 Å². The SMILES string of the molecule is CCc1onc(C)c1CNC(=O)Nc1cnc2c(c1)COCC2. The number of fused-ring (bicyclic) bond motifs is 1. The van der Waals surface area contributed by atoms with Gasteiger partial charge in [-0.1, -0.05) is 12.1 Å². The van der Waals surface area contributed by atoms with E-state index in [9.17, 15) is 4.79 Å². The third-order valence-electron chi connectivity index (χ3n) is 3.87. The van der Waals surface area contributed by atoms with E-state index in [0.29, 0.717) is 25.4 Å². The number of carbonyl (C=O) groups excluding carboxylic acids is 1. The first-order chi connectivity index (χ1) is 11.2. The van der Waals surface area contributed by atoms with Crippen LogP contribution in [0.15, 0.2) is 16.8 Å². The van der Waals surface area contributed by atoms with E-state index in [4.69, 9.17) is 9.26 Å². The van der Waals surface area contributed by atoms with Crippen LogP contribution in [0.3, 0.4) is 0 Å². The quantitative estimate of drug-likeness (QED) is 0.903. The molecule has 122 valence electrons. The number of ether oxygens (including phenoxy) is 1. The van der Waals surface area contributed by atoms with Crippen LogP contribution in [0, 0.1) is 6.92 Å². The van der Waals surface area contributed by atoms with Crippen molar-refractivity contribution in [3.05, 3.63) is 40.5 Å². The summed E-state index contributed by atoms with van der Waals surface area (Å²) in [4.78, 5) is 16.4. The normalized spacial score (nSPS) is 13.5. The summed E-state index contributed by atoms with van der Waals surface area (Å²) in [5.74, 6) is 0.801. The summed E-state index contributed by atoms with van der Waals surface area (Å²) in [6, 6.07) is 1.62. The van der Waals surface area contributed by atoms with Crippen molar-refractivity contribution in [2.75, 3.05) is 11.9 Å². The van der Waals surface area contributed by atoms with Crippen LogP contribution in [0.2, 0.25) is 0 Å². The number of rotatable bonds is 4. The van der Waals surface area contributed by atoms with Crippen molar-refractivity contribution in [2.24, 2.45) is 0 Å². The van der Waals surface area contributed by atoms with Gasteiger partial charge >= 0.3 is 6.03 Å². The number of urea groups is 1. The van der Waals surface area contributed by atoms with Gasteiger partial charge in [0.05, 0.1) is 30.8 Å². The number of hydrogen-bond acceptors (Lipinski definition) is 5. The molecule has 2 amide bonds. The minimum absolute atomic E-state index is 0.286. The fourth-order valence-electron chi connectivity index (χ4n) is 2.59. The van der Waals surface area contributed by atoms with Gasteiger partial charge in [-0.3, -0.25) is 4.98 Å². The van der Waals surface area contributed by atoms with Crippen molar-refractivity contribution in [3.8, 4) is 0 Å². The molecule has 3 heterocycles. The van der Waals surface area contributed by atoms with Gasteiger partial charge in [-0.05, 0) is 13.0 Å². The number of nitrogens with zero attached hydrogens (tertiary/aromatic N) is 2. The highest BCUT2D eigenvalue weighted by molar-refractivity contribution is 5.89. The van der Waals surface area contributed by atoms with E-state index in [1.807, 2.05) is 19.9 Å². The molecule has 0 aliphatic carbocycles. The number of aromatic nitrogens is 2. The lowest BCUT2D eigenvalue weighted by Gasteiger charge is -2.16. The Morgan fingerprint density at radius 2 is 2.30 bits per heavy atom. The maximum atomic E-state index is 12.1. The maximum absolute atomic E-state index is 12.1. The number of anilines is 1. The van der Waals surface area contributed by atoms with Gasteiger partial charge in [-0.25, -0.2) is 4.79 Å². The molecule has 1 aliphatic heterocycles. The fourth-order valence-corrected chi connectivity index (χ4v) is 2.59.